The summed E-state index contributed by atoms with van der Waals surface area (Å²) in [5.74, 6) is 0.358. The van der Waals surface area contributed by atoms with Crippen LogP contribution in [0.2, 0.25) is 5.02 Å². The highest BCUT2D eigenvalue weighted by atomic mass is 35.5. The van der Waals surface area contributed by atoms with Crippen molar-refractivity contribution in [3.8, 4) is 5.75 Å². The number of nitrogens with zero attached hydrogens (tertiary/aromatic N) is 2. The molecule has 7 nitrogen and oxygen atoms in total. The van der Waals surface area contributed by atoms with Crippen LogP contribution in [0.25, 0.3) is 10.2 Å². The maximum atomic E-state index is 13.0. The molecular weight excluding hydrogens is 446 g/mol. The van der Waals surface area contributed by atoms with Gasteiger partial charge in [0.1, 0.15) is 11.8 Å². The molecule has 2 heterocycles. The number of benzene rings is 2. The van der Waals surface area contributed by atoms with E-state index in [2.05, 4.69) is 10.3 Å². The second-order valence-electron chi connectivity index (χ2n) is 6.80. The Kier molecular flexibility index (Phi) is 5.97. The third kappa shape index (κ3) is 4.15. The number of ether oxygens (including phenoxy) is 1. The number of aromatic nitrogens is 1. The van der Waals surface area contributed by atoms with Crippen LogP contribution in [-0.4, -0.2) is 42.8 Å². The molecule has 1 saturated heterocycles. The minimum atomic E-state index is -3.80. The maximum Gasteiger partial charge on any atom is 0.244 e. The molecule has 0 aliphatic carbocycles. The maximum absolute atomic E-state index is 13.0. The fourth-order valence-electron chi connectivity index (χ4n) is 3.44. The highest BCUT2D eigenvalue weighted by Gasteiger charge is 2.39. The lowest BCUT2D eigenvalue weighted by molar-refractivity contribution is -0.119. The first-order valence-corrected chi connectivity index (χ1v) is 12.1. The van der Waals surface area contributed by atoms with E-state index in [-0.39, 0.29) is 10.8 Å². The molecule has 30 heavy (non-hydrogen) atoms. The van der Waals surface area contributed by atoms with Crippen LogP contribution in [0.1, 0.15) is 19.8 Å². The zero-order valence-electron chi connectivity index (χ0n) is 16.2. The molecule has 158 valence electrons. The highest BCUT2D eigenvalue weighted by molar-refractivity contribution is 7.89. The lowest BCUT2D eigenvalue weighted by Gasteiger charge is -2.23. The molecular formula is C20H20ClN3O4S2. The van der Waals surface area contributed by atoms with Gasteiger partial charge in [-0.05, 0) is 62.2 Å². The van der Waals surface area contributed by atoms with Crippen molar-refractivity contribution in [3.05, 3.63) is 47.5 Å². The van der Waals surface area contributed by atoms with Crippen LogP contribution in [0.5, 0.6) is 5.75 Å². The zero-order chi connectivity index (χ0) is 21.3. The molecule has 1 atom stereocenters. The van der Waals surface area contributed by atoms with E-state index < -0.39 is 16.1 Å². The zero-order valence-corrected chi connectivity index (χ0v) is 18.6. The van der Waals surface area contributed by atoms with Gasteiger partial charge in [0.2, 0.25) is 15.9 Å². The predicted molar refractivity (Wildman–Crippen MR) is 118 cm³/mol. The number of thiazole rings is 1. The van der Waals surface area contributed by atoms with Gasteiger partial charge in [-0.15, -0.1) is 0 Å². The Morgan fingerprint density at radius 3 is 2.80 bits per heavy atom. The number of halogens is 1. The van der Waals surface area contributed by atoms with Gasteiger partial charge in [0, 0.05) is 11.6 Å². The number of anilines is 1. The number of hydrogen-bond donors (Lipinski definition) is 1. The molecule has 10 heteroatoms. The first kappa shape index (κ1) is 21.0. The SMILES string of the molecule is CCOc1ccc2nc(NC(=O)C3CCCN3S(=O)(=O)c3ccc(Cl)cc3)sc2c1. The molecule has 4 rings (SSSR count). The smallest absolute Gasteiger partial charge is 0.244 e. The van der Waals surface area contributed by atoms with Gasteiger partial charge in [-0.2, -0.15) is 4.31 Å². The van der Waals surface area contributed by atoms with Crippen molar-refractivity contribution in [3.63, 3.8) is 0 Å². The third-order valence-electron chi connectivity index (χ3n) is 4.83. The Labute approximate surface area is 183 Å². The van der Waals surface area contributed by atoms with E-state index in [9.17, 15) is 13.2 Å². The molecule has 1 aromatic heterocycles. The van der Waals surface area contributed by atoms with Crippen LogP contribution in [0.4, 0.5) is 5.13 Å². The van der Waals surface area contributed by atoms with Crippen molar-refractivity contribution in [1.82, 2.24) is 9.29 Å². The van der Waals surface area contributed by atoms with E-state index in [1.54, 1.807) is 0 Å². The fraction of sp³-hybridized carbons (Fsp3) is 0.300. The summed E-state index contributed by atoms with van der Waals surface area (Å²) in [5.41, 5.74) is 0.746. The Morgan fingerprint density at radius 1 is 1.30 bits per heavy atom. The average molecular weight is 466 g/mol. The largest absolute Gasteiger partial charge is 0.494 e. The van der Waals surface area contributed by atoms with Crippen molar-refractivity contribution in [2.24, 2.45) is 0 Å². The second kappa shape index (κ2) is 8.50. The molecule has 1 fully saturated rings. The Balaban J connectivity index is 1.54. The second-order valence-corrected chi connectivity index (χ2v) is 10.2. The number of rotatable bonds is 6. The Bertz CT molecular complexity index is 1180. The summed E-state index contributed by atoms with van der Waals surface area (Å²) in [7, 11) is -3.80. The molecule has 3 aromatic rings. The van der Waals surface area contributed by atoms with E-state index >= 15 is 0 Å². The first-order valence-electron chi connectivity index (χ1n) is 9.50. The van der Waals surface area contributed by atoms with Gasteiger partial charge in [-0.25, -0.2) is 13.4 Å². The summed E-state index contributed by atoms with van der Waals surface area (Å²) in [6.45, 7) is 2.77. The summed E-state index contributed by atoms with van der Waals surface area (Å²) < 4.78 is 33.7. The number of fused-ring (bicyclic) bond motifs is 1. The normalized spacial score (nSPS) is 17.3. The highest BCUT2D eigenvalue weighted by Crippen LogP contribution is 2.31. The van der Waals surface area contributed by atoms with Crippen molar-refractivity contribution in [1.29, 1.82) is 0 Å². The number of nitrogens with one attached hydrogen (secondary N) is 1. The minimum Gasteiger partial charge on any atom is -0.494 e. The van der Waals surface area contributed by atoms with Gasteiger partial charge < -0.3 is 10.1 Å². The van der Waals surface area contributed by atoms with Gasteiger partial charge in [-0.3, -0.25) is 4.79 Å². The molecule has 1 aliphatic rings. The van der Waals surface area contributed by atoms with Crippen molar-refractivity contribution in [2.45, 2.75) is 30.7 Å². The standard InChI is InChI=1S/C20H20ClN3O4S2/c1-2-28-14-7-10-16-18(12-14)29-20(22-16)23-19(25)17-4-3-11-24(17)30(26,27)15-8-5-13(21)6-9-15/h5-10,12,17H,2-4,11H2,1H3,(H,22,23,25). The average Bonchev–Trinajstić information content (AvgIpc) is 3.35. The van der Waals surface area contributed by atoms with Crippen LogP contribution in [-0.2, 0) is 14.8 Å². The molecule has 1 unspecified atom stereocenters. The molecule has 0 bridgehead atoms. The Hall–Kier alpha value is -2.20. The molecule has 0 spiro atoms. The van der Waals surface area contributed by atoms with Crippen molar-refractivity contribution in [2.75, 3.05) is 18.5 Å². The monoisotopic (exact) mass is 465 g/mol. The number of hydrogen-bond acceptors (Lipinski definition) is 6. The molecule has 1 aliphatic heterocycles. The van der Waals surface area contributed by atoms with Crippen LogP contribution in [0, 0.1) is 0 Å². The molecule has 2 aromatic carbocycles. The van der Waals surface area contributed by atoms with Crippen LogP contribution < -0.4 is 10.1 Å². The van der Waals surface area contributed by atoms with Crippen LogP contribution >= 0.6 is 22.9 Å². The lowest BCUT2D eigenvalue weighted by Crippen LogP contribution is -2.43. The molecule has 0 radical (unpaired) electrons. The number of sulfonamides is 1. The summed E-state index contributed by atoms with van der Waals surface area (Å²) in [4.78, 5) is 17.5. The minimum absolute atomic E-state index is 0.120. The fourth-order valence-corrected chi connectivity index (χ4v) is 6.12. The van der Waals surface area contributed by atoms with E-state index in [1.165, 1.54) is 39.9 Å². The van der Waals surface area contributed by atoms with Crippen LogP contribution in [0.3, 0.4) is 0 Å². The Morgan fingerprint density at radius 2 is 2.07 bits per heavy atom. The number of carbonyl (C=O) groups excluding carboxylic acids is 1. The van der Waals surface area contributed by atoms with Gasteiger partial charge in [0.05, 0.1) is 21.7 Å². The lowest BCUT2D eigenvalue weighted by atomic mass is 10.2. The van der Waals surface area contributed by atoms with Gasteiger partial charge in [0.15, 0.2) is 5.13 Å². The van der Waals surface area contributed by atoms with Crippen LogP contribution in [0.15, 0.2) is 47.4 Å². The van der Waals surface area contributed by atoms with Gasteiger partial charge >= 0.3 is 0 Å². The van der Waals surface area contributed by atoms with Crippen molar-refractivity contribution < 1.29 is 17.9 Å². The molecule has 1 amide bonds. The quantitative estimate of drug-likeness (QED) is 0.591. The van der Waals surface area contributed by atoms with E-state index in [4.69, 9.17) is 16.3 Å². The van der Waals surface area contributed by atoms with Gasteiger partial charge in [-0.1, -0.05) is 22.9 Å². The predicted octanol–water partition coefficient (Wildman–Crippen LogP) is 4.14. The summed E-state index contributed by atoms with van der Waals surface area (Å²) in [5, 5.41) is 3.67. The molecule has 1 N–H and O–H groups in total. The third-order valence-corrected chi connectivity index (χ3v) is 7.94. The van der Waals surface area contributed by atoms with Crippen molar-refractivity contribution >= 4 is 54.2 Å². The summed E-state index contributed by atoms with van der Waals surface area (Å²) in [6, 6.07) is 10.7. The number of carbonyl (C=O) groups is 1. The van der Waals surface area contributed by atoms with Gasteiger partial charge in [0.25, 0.3) is 0 Å². The summed E-state index contributed by atoms with van der Waals surface area (Å²) in [6.07, 6.45) is 1.07. The van der Waals surface area contributed by atoms with E-state index in [1.807, 2.05) is 25.1 Å². The van der Waals surface area contributed by atoms with E-state index in [0.29, 0.717) is 36.1 Å². The first-order chi connectivity index (χ1) is 14.4. The molecule has 0 saturated carbocycles. The topological polar surface area (TPSA) is 88.6 Å². The summed E-state index contributed by atoms with van der Waals surface area (Å²) >= 11 is 7.19. The number of amides is 1. The van der Waals surface area contributed by atoms with E-state index in [0.717, 1.165) is 16.0 Å².